The van der Waals surface area contributed by atoms with Crippen molar-refractivity contribution in [3.8, 4) is 5.75 Å². The highest BCUT2D eigenvalue weighted by Crippen LogP contribution is 2.42. The molecule has 0 spiro atoms. The highest BCUT2D eigenvalue weighted by molar-refractivity contribution is 5.35. The average molecular weight is 259 g/mol. The predicted molar refractivity (Wildman–Crippen MR) is 62.3 cm³/mol. The Morgan fingerprint density at radius 2 is 1.89 bits per heavy atom. The van der Waals surface area contributed by atoms with Crippen molar-refractivity contribution in [2.45, 2.75) is 25.4 Å². The summed E-state index contributed by atoms with van der Waals surface area (Å²) in [5.74, 6) is -0.107. The van der Waals surface area contributed by atoms with Crippen LogP contribution in [-0.2, 0) is 6.18 Å². The second kappa shape index (κ2) is 4.80. The summed E-state index contributed by atoms with van der Waals surface area (Å²) < 4.78 is 43.6. The normalized spacial score (nSPS) is 18.2. The topological polar surface area (TPSA) is 35.2 Å². The molecule has 0 aliphatic heterocycles. The van der Waals surface area contributed by atoms with E-state index in [0.29, 0.717) is 6.54 Å². The minimum atomic E-state index is -4.38. The average Bonchev–Trinajstić information content (AvgIpc) is 2.27. The molecule has 0 atom stereocenters. The molecule has 0 heterocycles. The van der Waals surface area contributed by atoms with Gasteiger partial charge in [-0.3, -0.25) is 0 Å². The van der Waals surface area contributed by atoms with E-state index >= 15 is 0 Å². The fourth-order valence-electron chi connectivity index (χ4n) is 2.14. The lowest BCUT2D eigenvalue weighted by atomic mass is 9.69. The molecule has 0 bridgehead atoms. The molecule has 1 fully saturated rings. The largest absolute Gasteiger partial charge is 0.492 e. The maximum atomic E-state index is 12.7. The van der Waals surface area contributed by atoms with E-state index in [1.54, 1.807) is 6.07 Å². The third-order valence-electron chi connectivity index (χ3n) is 3.57. The predicted octanol–water partition coefficient (Wildman–Crippen LogP) is 3.21. The third-order valence-corrected chi connectivity index (χ3v) is 3.57. The van der Waals surface area contributed by atoms with E-state index < -0.39 is 11.7 Å². The Labute approximate surface area is 104 Å². The summed E-state index contributed by atoms with van der Waals surface area (Å²) in [6.45, 7) is 0.720. The first-order chi connectivity index (χ1) is 8.47. The molecule has 18 heavy (non-hydrogen) atoms. The van der Waals surface area contributed by atoms with Gasteiger partial charge in [0.25, 0.3) is 0 Å². The van der Waals surface area contributed by atoms with Crippen LogP contribution in [0.1, 0.15) is 24.8 Å². The summed E-state index contributed by atoms with van der Waals surface area (Å²) in [4.78, 5) is 0. The summed E-state index contributed by atoms with van der Waals surface area (Å²) in [6.07, 6.45) is -1.46. The number of rotatable bonds is 4. The summed E-state index contributed by atoms with van der Waals surface area (Å²) in [5.41, 5.74) is 4.80. The fourth-order valence-corrected chi connectivity index (χ4v) is 2.14. The number of hydrogen-bond donors (Lipinski definition) is 1. The number of para-hydroxylation sites is 1. The van der Waals surface area contributed by atoms with E-state index in [1.165, 1.54) is 12.1 Å². The number of halogens is 3. The van der Waals surface area contributed by atoms with Crippen LogP contribution in [0.15, 0.2) is 24.3 Å². The van der Waals surface area contributed by atoms with Crippen LogP contribution < -0.4 is 10.5 Å². The smallest absolute Gasteiger partial charge is 0.419 e. The lowest BCUT2D eigenvalue weighted by Crippen LogP contribution is -2.42. The molecule has 1 aromatic rings. The quantitative estimate of drug-likeness (QED) is 0.901. The number of nitrogens with two attached hydrogens (primary N) is 1. The van der Waals surface area contributed by atoms with Crippen LogP contribution in [0.5, 0.6) is 5.75 Å². The van der Waals surface area contributed by atoms with E-state index in [-0.39, 0.29) is 17.8 Å². The van der Waals surface area contributed by atoms with Gasteiger partial charge >= 0.3 is 6.18 Å². The minimum absolute atomic E-state index is 0.107. The molecule has 2 N–H and O–H groups in total. The van der Waals surface area contributed by atoms with E-state index in [2.05, 4.69) is 0 Å². The van der Waals surface area contributed by atoms with Crippen molar-refractivity contribution in [2.75, 3.05) is 13.2 Å². The van der Waals surface area contributed by atoms with Gasteiger partial charge in [0.1, 0.15) is 5.75 Å². The van der Waals surface area contributed by atoms with Gasteiger partial charge in [-0.15, -0.1) is 0 Å². The molecule has 0 unspecified atom stereocenters. The van der Waals surface area contributed by atoms with Crippen LogP contribution in [0.4, 0.5) is 13.2 Å². The number of hydrogen-bond acceptors (Lipinski definition) is 2. The van der Waals surface area contributed by atoms with Gasteiger partial charge in [0, 0.05) is 12.0 Å². The molecule has 0 saturated heterocycles. The Kier molecular flexibility index (Phi) is 3.52. The molecule has 100 valence electrons. The molecule has 5 heteroatoms. The molecule has 0 aromatic heterocycles. The molecular weight excluding hydrogens is 243 g/mol. The molecule has 2 nitrogen and oxygen atoms in total. The van der Waals surface area contributed by atoms with Crippen LogP contribution in [0.3, 0.4) is 0 Å². The molecule has 1 aromatic carbocycles. The van der Waals surface area contributed by atoms with Gasteiger partial charge < -0.3 is 10.5 Å². The van der Waals surface area contributed by atoms with E-state index in [1.807, 2.05) is 0 Å². The Bertz CT molecular complexity index is 407. The van der Waals surface area contributed by atoms with Crippen molar-refractivity contribution in [2.24, 2.45) is 11.1 Å². The minimum Gasteiger partial charge on any atom is -0.492 e. The van der Waals surface area contributed by atoms with Gasteiger partial charge in [-0.05, 0) is 25.0 Å². The van der Waals surface area contributed by atoms with Crippen molar-refractivity contribution in [3.63, 3.8) is 0 Å². The monoisotopic (exact) mass is 259 g/mol. The summed E-state index contributed by atoms with van der Waals surface area (Å²) in [7, 11) is 0. The molecule has 1 aliphatic carbocycles. The lowest BCUT2D eigenvalue weighted by Gasteiger charge is -2.40. The van der Waals surface area contributed by atoms with Crippen LogP contribution in [0.2, 0.25) is 0 Å². The van der Waals surface area contributed by atoms with Crippen molar-refractivity contribution in [1.82, 2.24) is 0 Å². The highest BCUT2D eigenvalue weighted by atomic mass is 19.4. The van der Waals surface area contributed by atoms with Gasteiger partial charge in [-0.2, -0.15) is 13.2 Å². The van der Waals surface area contributed by atoms with E-state index in [4.69, 9.17) is 10.5 Å². The van der Waals surface area contributed by atoms with Crippen LogP contribution in [-0.4, -0.2) is 13.2 Å². The van der Waals surface area contributed by atoms with Crippen molar-refractivity contribution in [1.29, 1.82) is 0 Å². The Morgan fingerprint density at radius 1 is 1.22 bits per heavy atom. The standard InChI is InChI=1S/C13H16F3NO/c14-13(15,16)10-4-1-2-5-11(10)18-9-12(8-17)6-3-7-12/h1-2,4-5H,3,6-9,17H2. The van der Waals surface area contributed by atoms with Gasteiger partial charge in [-0.1, -0.05) is 18.6 Å². The first kappa shape index (κ1) is 13.2. The highest BCUT2D eigenvalue weighted by Gasteiger charge is 2.38. The molecule has 1 aliphatic rings. The van der Waals surface area contributed by atoms with E-state index in [9.17, 15) is 13.2 Å². The van der Waals surface area contributed by atoms with Gasteiger partial charge in [0.05, 0.1) is 12.2 Å². The number of alkyl halides is 3. The summed E-state index contributed by atoms with van der Waals surface area (Å²) >= 11 is 0. The maximum Gasteiger partial charge on any atom is 0.419 e. The summed E-state index contributed by atoms with van der Waals surface area (Å²) in [6, 6.07) is 5.29. The second-order valence-electron chi connectivity index (χ2n) is 4.84. The lowest BCUT2D eigenvalue weighted by molar-refractivity contribution is -0.139. The second-order valence-corrected chi connectivity index (χ2v) is 4.84. The van der Waals surface area contributed by atoms with Gasteiger partial charge in [-0.25, -0.2) is 0 Å². The molecule has 0 radical (unpaired) electrons. The zero-order valence-electron chi connectivity index (χ0n) is 9.96. The first-order valence-corrected chi connectivity index (χ1v) is 5.96. The Hall–Kier alpha value is -1.23. The number of ether oxygens (including phenoxy) is 1. The van der Waals surface area contributed by atoms with Crippen LogP contribution in [0.25, 0.3) is 0 Å². The molecule has 1 saturated carbocycles. The third kappa shape index (κ3) is 2.61. The zero-order chi connectivity index (χ0) is 13.2. The summed E-state index contributed by atoms with van der Waals surface area (Å²) in [5, 5.41) is 0. The van der Waals surface area contributed by atoms with E-state index in [0.717, 1.165) is 25.3 Å². The fraction of sp³-hybridized carbons (Fsp3) is 0.538. The zero-order valence-corrected chi connectivity index (χ0v) is 9.96. The maximum absolute atomic E-state index is 12.7. The van der Waals surface area contributed by atoms with Crippen LogP contribution in [0, 0.1) is 5.41 Å². The van der Waals surface area contributed by atoms with Gasteiger partial charge in [0.15, 0.2) is 0 Å². The van der Waals surface area contributed by atoms with Crippen molar-refractivity contribution >= 4 is 0 Å². The Morgan fingerprint density at radius 3 is 2.39 bits per heavy atom. The number of benzene rings is 1. The molecule has 0 amide bonds. The SMILES string of the molecule is NCC1(COc2ccccc2C(F)(F)F)CCC1. The Balaban J connectivity index is 2.10. The van der Waals surface area contributed by atoms with Crippen LogP contribution >= 0.6 is 0 Å². The molecular formula is C13H16F3NO. The first-order valence-electron chi connectivity index (χ1n) is 5.96. The molecule has 2 rings (SSSR count). The van der Waals surface area contributed by atoms with Crippen molar-refractivity contribution in [3.05, 3.63) is 29.8 Å². The van der Waals surface area contributed by atoms with Crippen molar-refractivity contribution < 1.29 is 17.9 Å². The van der Waals surface area contributed by atoms with Gasteiger partial charge in [0.2, 0.25) is 0 Å².